The van der Waals surface area contributed by atoms with Crippen molar-refractivity contribution in [1.82, 2.24) is 14.6 Å². The van der Waals surface area contributed by atoms with Crippen LogP contribution in [0.25, 0.3) is 0 Å². The summed E-state index contributed by atoms with van der Waals surface area (Å²) in [4.78, 5) is 25.2. The molecule has 2 saturated heterocycles. The monoisotopic (exact) mass is 329 g/mol. The number of thioether (sulfide) groups is 1. The third kappa shape index (κ3) is 2.99. The summed E-state index contributed by atoms with van der Waals surface area (Å²) in [5, 5.41) is 11.5. The summed E-state index contributed by atoms with van der Waals surface area (Å²) in [6.45, 7) is 0.384. The zero-order chi connectivity index (χ0) is 15.7. The molecular formula is C13H19N3O5S. The summed E-state index contributed by atoms with van der Waals surface area (Å²) in [5.41, 5.74) is -0.957. The van der Waals surface area contributed by atoms with Gasteiger partial charge in [0.15, 0.2) is 0 Å². The van der Waals surface area contributed by atoms with Crippen LogP contribution >= 0.6 is 11.8 Å². The predicted molar refractivity (Wildman–Crippen MR) is 80.0 cm³/mol. The van der Waals surface area contributed by atoms with E-state index in [9.17, 15) is 14.8 Å². The second-order valence-corrected chi connectivity index (χ2v) is 6.38. The van der Waals surface area contributed by atoms with E-state index < -0.39 is 17.5 Å². The van der Waals surface area contributed by atoms with E-state index in [1.54, 1.807) is 11.8 Å². The number of hydroxylamine groups is 2. The number of hydrogen-bond donors (Lipinski definition) is 2. The maximum Gasteiger partial charge on any atom is 0.330 e. The summed E-state index contributed by atoms with van der Waals surface area (Å²) < 4.78 is 12.8. The molecule has 2 aliphatic heterocycles. The van der Waals surface area contributed by atoms with Gasteiger partial charge in [0, 0.05) is 18.7 Å². The minimum Gasteiger partial charge on any atom is -0.358 e. The van der Waals surface area contributed by atoms with E-state index in [-0.39, 0.29) is 18.4 Å². The van der Waals surface area contributed by atoms with Crippen LogP contribution in [0.4, 0.5) is 0 Å². The van der Waals surface area contributed by atoms with Gasteiger partial charge in [0.05, 0.1) is 12.6 Å². The van der Waals surface area contributed by atoms with E-state index in [1.165, 1.54) is 21.9 Å². The molecule has 3 rings (SSSR count). The van der Waals surface area contributed by atoms with Gasteiger partial charge in [-0.1, -0.05) is 0 Å². The van der Waals surface area contributed by atoms with E-state index >= 15 is 0 Å². The number of aromatic nitrogens is 2. The highest BCUT2D eigenvalue weighted by Gasteiger charge is 2.45. The lowest BCUT2D eigenvalue weighted by Crippen LogP contribution is -2.53. The molecule has 22 heavy (non-hydrogen) atoms. The second kappa shape index (κ2) is 6.55. The molecule has 3 heterocycles. The van der Waals surface area contributed by atoms with Crippen molar-refractivity contribution in [1.29, 1.82) is 0 Å². The number of rotatable bonds is 4. The molecule has 2 aliphatic rings. The lowest BCUT2D eigenvalue weighted by Gasteiger charge is -2.38. The van der Waals surface area contributed by atoms with Crippen LogP contribution < -0.4 is 11.2 Å². The van der Waals surface area contributed by atoms with Gasteiger partial charge in [-0.3, -0.25) is 14.3 Å². The lowest BCUT2D eigenvalue weighted by molar-refractivity contribution is -0.284. The van der Waals surface area contributed by atoms with Gasteiger partial charge in [-0.25, -0.2) is 4.79 Å². The van der Waals surface area contributed by atoms with Crippen molar-refractivity contribution in [3.05, 3.63) is 33.1 Å². The highest BCUT2D eigenvalue weighted by Crippen LogP contribution is 2.35. The molecule has 2 N–H and O–H groups in total. The first-order valence-corrected chi connectivity index (χ1v) is 8.54. The molecule has 2 fully saturated rings. The summed E-state index contributed by atoms with van der Waals surface area (Å²) in [6.07, 6.45) is 3.46. The van der Waals surface area contributed by atoms with Gasteiger partial charge in [0.1, 0.15) is 18.6 Å². The first kappa shape index (κ1) is 15.8. The first-order chi connectivity index (χ1) is 10.6. The maximum absolute atomic E-state index is 11.8. The standard InChI is InChI=1S/C13H19N3O5S/c1-22-5-3-11-16(19)8-6-12(21-9(8)7-20-11)15-4-2-10(17)14-13(15)18/h2,4,8-9,11-12,19H,3,5-7H2,1H3,(H,14,17,18). The quantitative estimate of drug-likeness (QED) is 0.802. The minimum atomic E-state index is -0.517. The fraction of sp³-hybridized carbons (Fsp3) is 0.692. The maximum atomic E-state index is 11.8. The van der Waals surface area contributed by atoms with Crippen molar-refractivity contribution in [2.45, 2.75) is 37.4 Å². The summed E-state index contributed by atoms with van der Waals surface area (Å²) >= 11 is 1.70. The van der Waals surface area contributed by atoms with Gasteiger partial charge >= 0.3 is 5.69 Å². The van der Waals surface area contributed by atoms with Crippen LogP contribution in [-0.4, -0.2) is 56.8 Å². The fourth-order valence-electron chi connectivity index (χ4n) is 2.90. The van der Waals surface area contributed by atoms with Crippen molar-refractivity contribution in [3.8, 4) is 0 Å². The van der Waals surface area contributed by atoms with Crippen LogP contribution in [0.2, 0.25) is 0 Å². The molecule has 9 heteroatoms. The van der Waals surface area contributed by atoms with E-state index in [0.717, 1.165) is 12.2 Å². The Bertz CT molecular complexity index is 633. The summed E-state index contributed by atoms with van der Waals surface area (Å²) in [7, 11) is 0. The molecule has 4 atom stereocenters. The zero-order valence-corrected chi connectivity index (χ0v) is 13.0. The molecule has 0 aromatic carbocycles. The SMILES string of the molecule is CSCCC1OCC2OC(n3ccc(=O)[nH]c3=O)CC2N1O. The Morgan fingerprint density at radius 2 is 2.32 bits per heavy atom. The summed E-state index contributed by atoms with van der Waals surface area (Å²) in [6, 6.07) is 1.06. The third-order valence-electron chi connectivity index (χ3n) is 4.02. The first-order valence-electron chi connectivity index (χ1n) is 7.15. The Morgan fingerprint density at radius 1 is 1.50 bits per heavy atom. The molecule has 8 nitrogen and oxygen atoms in total. The topological polar surface area (TPSA) is 96.8 Å². The second-order valence-electron chi connectivity index (χ2n) is 5.40. The number of ether oxygens (including phenoxy) is 2. The molecular weight excluding hydrogens is 310 g/mol. The molecule has 0 aliphatic carbocycles. The smallest absolute Gasteiger partial charge is 0.330 e. The number of nitrogens with zero attached hydrogens (tertiary/aromatic N) is 2. The fourth-order valence-corrected chi connectivity index (χ4v) is 3.34. The number of fused-ring (bicyclic) bond motifs is 1. The number of aromatic amines is 1. The number of H-pyrrole nitrogens is 1. The minimum absolute atomic E-state index is 0.218. The van der Waals surface area contributed by atoms with Crippen LogP contribution in [-0.2, 0) is 9.47 Å². The van der Waals surface area contributed by atoms with Gasteiger partial charge < -0.3 is 14.7 Å². The normalized spacial score (nSPS) is 32.1. The van der Waals surface area contributed by atoms with Gasteiger partial charge in [0.2, 0.25) is 0 Å². The van der Waals surface area contributed by atoms with E-state index in [0.29, 0.717) is 13.0 Å². The molecule has 0 bridgehead atoms. The van der Waals surface area contributed by atoms with Crippen molar-refractivity contribution in [2.24, 2.45) is 0 Å². The van der Waals surface area contributed by atoms with Crippen LogP contribution in [0.3, 0.4) is 0 Å². The molecule has 1 aromatic heterocycles. The van der Waals surface area contributed by atoms with Gasteiger partial charge in [-0.2, -0.15) is 16.8 Å². The van der Waals surface area contributed by atoms with Crippen LogP contribution in [0.5, 0.6) is 0 Å². The molecule has 122 valence electrons. The van der Waals surface area contributed by atoms with Crippen molar-refractivity contribution in [2.75, 3.05) is 18.6 Å². The summed E-state index contributed by atoms with van der Waals surface area (Å²) in [5.74, 6) is 0.892. The average molecular weight is 329 g/mol. The van der Waals surface area contributed by atoms with E-state index in [2.05, 4.69) is 4.98 Å². The molecule has 0 saturated carbocycles. The van der Waals surface area contributed by atoms with Gasteiger partial charge in [0.25, 0.3) is 5.56 Å². The molecule has 0 amide bonds. The van der Waals surface area contributed by atoms with Crippen molar-refractivity contribution < 1.29 is 14.7 Å². The molecule has 0 spiro atoms. The predicted octanol–water partition coefficient (Wildman–Crippen LogP) is -0.00670. The highest BCUT2D eigenvalue weighted by molar-refractivity contribution is 7.98. The molecule has 0 radical (unpaired) electrons. The zero-order valence-electron chi connectivity index (χ0n) is 12.2. The molecule has 1 aromatic rings. The average Bonchev–Trinajstić information content (AvgIpc) is 2.91. The van der Waals surface area contributed by atoms with E-state index in [1.807, 2.05) is 6.26 Å². The van der Waals surface area contributed by atoms with Crippen LogP contribution in [0.1, 0.15) is 19.1 Å². The molecule has 4 unspecified atom stereocenters. The van der Waals surface area contributed by atoms with E-state index in [4.69, 9.17) is 9.47 Å². The van der Waals surface area contributed by atoms with Crippen molar-refractivity contribution >= 4 is 11.8 Å². The highest BCUT2D eigenvalue weighted by atomic mass is 32.2. The van der Waals surface area contributed by atoms with Crippen molar-refractivity contribution in [3.63, 3.8) is 0 Å². The lowest BCUT2D eigenvalue weighted by atomic mass is 10.1. The van der Waals surface area contributed by atoms with Crippen LogP contribution in [0, 0.1) is 0 Å². The third-order valence-corrected chi connectivity index (χ3v) is 4.67. The number of nitrogens with one attached hydrogen (secondary N) is 1. The Kier molecular flexibility index (Phi) is 4.69. The largest absolute Gasteiger partial charge is 0.358 e. The Balaban J connectivity index is 1.73. The Hall–Kier alpha value is -1.13. The van der Waals surface area contributed by atoms with Gasteiger partial charge in [-0.05, 0) is 18.4 Å². The Morgan fingerprint density at radius 3 is 3.05 bits per heavy atom. The Labute approximate surface area is 131 Å². The van der Waals surface area contributed by atoms with Crippen LogP contribution in [0.15, 0.2) is 21.9 Å². The van der Waals surface area contributed by atoms with Gasteiger partial charge in [-0.15, -0.1) is 0 Å². The number of hydrogen-bond acceptors (Lipinski definition) is 7.